The molecule has 0 radical (unpaired) electrons. The highest BCUT2D eigenvalue weighted by Gasteiger charge is 2.21. The van der Waals surface area contributed by atoms with Crippen LogP contribution in [0.1, 0.15) is 45.4 Å². The van der Waals surface area contributed by atoms with Gasteiger partial charge in [0.05, 0.1) is 18.0 Å². The van der Waals surface area contributed by atoms with Crippen molar-refractivity contribution in [3.8, 4) is 0 Å². The van der Waals surface area contributed by atoms with E-state index in [2.05, 4.69) is 48.0 Å². The Balaban J connectivity index is 1.75. The highest BCUT2D eigenvalue weighted by Crippen LogP contribution is 2.34. The van der Waals surface area contributed by atoms with E-state index in [1.165, 1.54) is 56.4 Å². The summed E-state index contributed by atoms with van der Waals surface area (Å²) in [7, 11) is 2.18. The van der Waals surface area contributed by atoms with E-state index >= 15 is 0 Å². The van der Waals surface area contributed by atoms with Crippen molar-refractivity contribution in [2.75, 3.05) is 30.1 Å². The molecule has 2 nitrogen and oxygen atoms in total. The number of hydrogen-bond acceptors (Lipinski definition) is 2. The fraction of sp³-hybridized carbons (Fsp3) is 0.625. The van der Waals surface area contributed by atoms with Crippen molar-refractivity contribution in [2.45, 2.75) is 45.4 Å². The molecule has 0 atom stereocenters. The van der Waals surface area contributed by atoms with Crippen molar-refractivity contribution < 1.29 is 0 Å². The van der Waals surface area contributed by atoms with Gasteiger partial charge in [0.25, 0.3) is 0 Å². The molecule has 1 aromatic carbocycles. The van der Waals surface area contributed by atoms with E-state index < -0.39 is 0 Å². The number of anilines is 2. The number of rotatable bonds is 7. The maximum atomic E-state index is 2.51. The number of benzene rings is 1. The molecule has 0 aromatic heterocycles. The van der Waals surface area contributed by atoms with Gasteiger partial charge in [-0.2, -0.15) is 0 Å². The lowest BCUT2D eigenvalue weighted by Crippen LogP contribution is -2.28. The first kappa shape index (κ1) is 13.3. The monoisotopic (exact) mass is 246 g/mol. The zero-order valence-corrected chi connectivity index (χ0v) is 11.9. The van der Waals surface area contributed by atoms with Crippen molar-refractivity contribution in [3.05, 3.63) is 24.3 Å². The zero-order chi connectivity index (χ0) is 12.8. The summed E-state index contributed by atoms with van der Waals surface area (Å²) >= 11 is 0. The molecule has 1 aromatic rings. The topological polar surface area (TPSA) is 6.48 Å². The SMILES string of the molecule is CCCCCCCCN1CN(C)c2ccccc21. The first-order valence-corrected chi connectivity index (χ1v) is 7.38. The molecule has 1 aliphatic rings. The van der Waals surface area contributed by atoms with Gasteiger partial charge in [-0.05, 0) is 18.6 Å². The average Bonchev–Trinajstić information content (AvgIpc) is 2.71. The molecule has 0 saturated carbocycles. The van der Waals surface area contributed by atoms with Crippen molar-refractivity contribution in [1.29, 1.82) is 0 Å². The standard InChI is InChI=1S/C16H26N2/c1-3-4-5-6-7-10-13-18-14-17(2)15-11-8-9-12-16(15)18/h8-9,11-12H,3-7,10,13-14H2,1-2H3. The predicted octanol–water partition coefficient (Wildman–Crippen LogP) is 4.26. The second-order valence-corrected chi connectivity index (χ2v) is 5.36. The van der Waals surface area contributed by atoms with Gasteiger partial charge >= 0.3 is 0 Å². The second kappa shape index (κ2) is 6.67. The van der Waals surface area contributed by atoms with Crippen molar-refractivity contribution in [3.63, 3.8) is 0 Å². The maximum absolute atomic E-state index is 2.51. The van der Waals surface area contributed by atoms with Crippen molar-refractivity contribution in [2.24, 2.45) is 0 Å². The van der Waals surface area contributed by atoms with Crippen LogP contribution in [0, 0.1) is 0 Å². The summed E-state index contributed by atoms with van der Waals surface area (Å²) in [5.74, 6) is 0. The molecule has 1 heterocycles. The van der Waals surface area contributed by atoms with Crippen LogP contribution in [0.3, 0.4) is 0 Å². The molecule has 2 heteroatoms. The maximum Gasteiger partial charge on any atom is 0.0901 e. The molecule has 0 fully saturated rings. The normalized spacial score (nSPS) is 14.1. The van der Waals surface area contributed by atoms with Gasteiger partial charge in [-0.25, -0.2) is 0 Å². The molecule has 0 spiro atoms. The van der Waals surface area contributed by atoms with Crippen LogP contribution in [0.15, 0.2) is 24.3 Å². The third-order valence-corrected chi connectivity index (χ3v) is 3.80. The van der Waals surface area contributed by atoms with Crippen LogP contribution in [0.2, 0.25) is 0 Å². The molecule has 0 N–H and O–H groups in total. The molecular weight excluding hydrogens is 220 g/mol. The van der Waals surface area contributed by atoms with Crippen molar-refractivity contribution >= 4 is 11.4 Å². The van der Waals surface area contributed by atoms with E-state index in [1.807, 2.05) is 0 Å². The Hall–Kier alpha value is -1.18. The minimum atomic E-state index is 1.05. The van der Waals surface area contributed by atoms with Gasteiger partial charge in [-0.1, -0.05) is 51.2 Å². The van der Waals surface area contributed by atoms with Gasteiger partial charge in [0.2, 0.25) is 0 Å². The Labute approximate surface area is 112 Å². The van der Waals surface area contributed by atoms with Gasteiger partial charge in [0, 0.05) is 13.6 Å². The van der Waals surface area contributed by atoms with Crippen LogP contribution in [-0.4, -0.2) is 20.3 Å². The Bertz CT molecular complexity index is 362. The van der Waals surface area contributed by atoms with Crippen LogP contribution < -0.4 is 9.80 Å². The van der Waals surface area contributed by atoms with Crippen LogP contribution >= 0.6 is 0 Å². The van der Waals surface area contributed by atoms with Crippen LogP contribution in [0.4, 0.5) is 11.4 Å². The average molecular weight is 246 g/mol. The van der Waals surface area contributed by atoms with Gasteiger partial charge < -0.3 is 9.80 Å². The van der Waals surface area contributed by atoms with Crippen molar-refractivity contribution in [1.82, 2.24) is 0 Å². The lowest BCUT2D eigenvalue weighted by molar-refractivity contribution is 0.601. The molecule has 0 amide bonds. The summed E-state index contributed by atoms with van der Waals surface area (Å²) in [6.07, 6.45) is 8.25. The Morgan fingerprint density at radius 2 is 1.61 bits per heavy atom. The Kier molecular flexibility index (Phi) is 4.91. The lowest BCUT2D eigenvalue weighted by atomic mass is 10.1. The smallest absolute Gasteiger partial charge is 0.0901 e. The van der Waals surface area contributed by atoms with Gasteiger partial charge in [-0.3, -0.25) is 0 Å². The molecule has 100 valence electrons. The van der Waals surface area contributed by atoms with E-state index in [4.69, 9.17) is 0 Å². The molecule has 18 heavy (non-hydrogen) atoms. The van der Waals surface area contributed by atoms with Gasteiger partial charge in [0.1, 0.15) is 0 Å². The minimum Gasteiger partial charge on any atom is -0.355 e. The summed E-state index contributed by atoms with van der Waals surface area (Å²) in [6.45, 7) is 4.53. The molecule has 0 unspecified atom stereocenters. The highest BCUT2D eigenvalue weighted by atomic mass is 15.4. The zero-order valence-electron chi connectivity index (χ0n) is 11.9. The van der Waals surface area contributed by atoms with E-state index in [-0.39, 0.29) is 0 Å². The van der Waals surface area contributed by atoms with Gasteiger partial charge in [0.15, 0.2) is 0 Å². The molecular formula is C16H26N2. The van der Waals surface area contributed by atoms with Gasteiger partial charge in [-0.15, -0.1) is 0 Å². The second-order valence-electron chi connectivity index (χ2n) is 5.36. The third-order valence-electron chi connectivity index (χ3n) is 3.80. The number of nitrogens with zero attached hydrogens (tertiary/aromatic N) is 2. The summed E-state index contributed by atoms with van der Waals surface area (Å²) in [5.41, 5.74) is 2.79. The predicted molar refractivity (Wildman–Crippen MR) is 80.4 cm³/mol. The minimum absolute atomic E-state index is 1.05. The van der Waals surface area contributed by atoms with E-state index in [0.717, 1.165) is 6.67 Å². The van der Waals surface area contributed by atoms with E-state index in [0.29, 0.717) is 0 Å². The Morgan fingerprint density at radius 1 is 0.944 bits per heavy atom. The molecule has 0 aliphatic carbocycles. The highest BCUT2D eigenvalue weighted by molar-refractivity contribution is 5.75. The largest absolute Gasteiger partial charge is 0.355 e. The first-order chi connectivity index (χ1) is 8.83. The number of hydrogen-bond donors (Lipinski definition) is 0. The third kappa shape index (κ3) is 3.18. The van der Waals surface area contributed by atoms with E-state index in [1.54, 1.807) is 0 Å². The van der Waals surface area contributed by atoms with Crippen LogP contribution in [-0.2, 0) is 0 Å². The summed E-state index contributed by atoms with van der Waals surface area (Å²) < 4.78 is 0. The Morgan fingerprint density at radius 3 is 2.39 bits per heavy atom. The lowest BCUT2D eigenvalue weighted by Gasteiger charge is -2.19. The quantitative estimate of drug-likeness (QED) is 0.663. The number of fused-ring (bicyclic) bond motifs is 1. The molecule has 1 aliphatic heterocycles. The summed E-state index contributed by atoms with van der Waals surface area (Å²) in [6, 6.07) is 8.74. The fourth-order valence-corrected chi connectivity index (χ4v) is 2.74. The van der Waals surface area contributed by atoms with Crippen LogP contribution in [0.5, 0.6) is 0 Å². The van der Waals surface area contributed by atoms with E-state index in [9.17, 15) is 0 Å². The molecule has 0 bridgehead atoms. The fourth-order valence-electron chi connectivity index (χ4n) is 2.74. The molecule has 0 saturated heterocycles. The summed E-state index contributed by atoms with van der Waals surface area (Å²) in [5, 5.41) is 0. The molecule has 2 rings (SSSR count). The van der Waals surface area contributed by atoms with Crippen LogP contribution in [0.25, 0.3) is 0 Å². The number of unbranched alkanes of at least 4 members (excludes halogenated alkanes) is 5. The summed E-state index contributed by atoms with van der Waals surface area (Å²) in [4.78, 5) is 4.85. The number of para-hydroxylation sites is 2. The first-order valence-electron chi connectivity index (χ1n) is 7.38.